The summed E-state index contributed by atoms with van der Waals surface area (Å²) in [6, 6.07) is 9.20. The van der Waals surface area contributed by atoms with E-state index in [1.807, 2.05) is 18.2 Å². The lowest BCUT2D eigenvalue weighted by atomic mass is 9.78. The molecule has 0 unspecified atom stereocenters. The third-order valence-electron chi connectivity index (χ3n) is 5.18. The number of benzene rings is 1. The Bertz CT molecular complexity index is 577. The van der Waals surface area contributed by atoms with Gasteiger partial charge in [-0.3, -0.25) is 0 Å². The van der Waals surface area contributed by atoms with Crippen molar-refractivity contribution >= 4 is 14.3 Å². The Morgan fingerprint density at radius 1 is 1.21 bits per heavy atom. The molecule has 3 nitrogen and oxygen atoms in total. The van der Waals surface area contributed by atoms with Crippen LogP contribution in [-0.4, -0.2) is 20.9 Å². The lowest BCUT2D eigenvalue weighted by Crippen LogP contribution is -2.41. The molecule has 1 aromatic carbocycles. The Balaban J connectivity index is 1.69. The topological polar surface area (TPSA) is 35.5 Å². The summed E-state index contributed by atoms with van der Waals surface area (Å²) in [4.78, 5) is 11.9. The van der Waals surface area contributed by atoms with Crippen molar-refractivity contribution in [2.24, 2.45) is 5.92 Å². The highest BCUT2D eigenvalue weighted by Gasteiger charge is 2.37. The van der Waals surface area contributed by atoms with Crippen molar-refractivity contribution in [2.45, 2.75) is 58.2 Å². The summed E-state index contributed by atoms with van der Waals surface area (Å²) < 4.78 is 11.5. The first-order chi connectivity index (χ1) is 11.2. The second-order valence-corrected chi connectivity index (χ2v) is 13.0. The molecule has 1 aliphatic rings. The third kappa shape index (κ3) is 5.31. The van der Waals surface area contributed by atoms with E-state index in [1.54, 1.807) is 18.2 Å². The molecule has 4 heteroatoms. The lowest BCUT2D eigenvalue weighted by Gasteiger charge is -2.37. The molecule has 0 atom stereocenters. The number of ether oxygens (including phenoxy) is 1. The molecule has 0 spiro atoms. The molecule has 0 N–H and O–H groups in total. The Labute approximate surface area is 147 Å². The van der Waals surface area contributed by atoms with Gasteiger partial charge in [0, 0.05) is 12.7 Å². The van der Waals surface area contributed by atoms with Gasteiger partial charge in [0.1, 0.15) is 5.75 Å². The molecule has 24 heavy (non-hydrogen) atoms. The van der Waals surface area contributed by atoms with E-state index in [9.17, 15) is 4.79 Å². The van der Waals surface area contributed by atoms with Gasteiger partial charge in [-0.1, -0.05) is 44.5 Å². The number of carbonyl (C=O) groups is 1. The van der Waals surface area contributed by atoms with E-state index in [0.29, 0.717) is 11.7 Å². The van der Waals surface area contributed by atoms with E-state index in [2.05, 4.69) is 33.9 Å². The summed E-state index contributed by atoms with van der Waals surface area (Å²) >= 11 is 0. The van der Waals surface area contributed by atoms with Crippen molar-refractivity contribution in [3.63, 3.8) is 0 Å². The summed E-state index contributed by atoms with van der Waals surface area (Å²) in [7, 11) is -1.64. The number of rotatable bonds is 6. The van der Waals surface area contributed by atoms with Crippen LogP contribution in [0, 0.1) is 5.92 Å². The van der Waals surface area contributed by atoms with Crippen LogP contribution in [0.3, 0.4) is 0 Å². The average Bonchev–Trinajstić information content (AvgIpc) is 2.44. The highest BCUT2D eigenvalue weighted by atomic mass is 28.4. The highest BCUT2D eigenvalue weighted by Crippen LogP contribution is 2.39. The fourth-order valence-electron chi connectivity index (χ4n) is 2.50. The van der Waals surface area contributed by atoms with Gasteiger partial charge in [-0.2, -0.15) is 0 Å². The van der Waals surface area contributed by atoms with E-state index < -0.39 is 8.32 Å². The molecular weight excluding hydrogens is 316 g/mol. The predicted octanol–water partition coefficient (Wildman–Crippen LogP) is 5.34. The Morgan fingerprint density at radius 3 is 2.42 bits per heavy atom. The van der Waals surface area contributed by atoms with Crippen LogP contribution < -0.4 is 4.74 Å². The van der Waals surface area contributed by atoms with Gasteiger partial charge in [0.25, 0.3) is 0 Å². The van der Waals surface area contributed by atoms with Gasteiger partial charge in [0.2, 0.25) is 0 Å². The number of hydrogen-bond donors (Lipinski definition) is 0. The molecule has 132 valence electrons. The van der Waals surface area contributed by atoms with E-state index in [0.717, 1.165) is 25.9 Å². The molecular formula is C20H30O3Si. The minimum Gasteiger partial charge on any atom is -0.423 e. The van der Waals surface area contributed by atoms with Crippen molar-refractivity contribution in [1.82, 2.24) is 0 Å². The molecule has 1 fully saturated rings. The van der Waals surface area contributed by atoms with E-state index in [-0.39, 0.29) is 11.0 Å². The van der Waals surface area contributed by atoms with Crippen LogP contribution in [0.25, 0.3) is 0 Å². The first-order valence-corrected chi connectivity index (χ1v) is 11.7. The van der Waals surface area contributed by atoms with Crippen LogP contribution in [0.1, 0.15) is 40.0 Å². The fraction of sp³-hybridized carbons (Fsp3) is 0.550. The summed E-state index contributed by atoms with van der Waals surface area (Å²) in [5.41, 5.74) is 1.19. The maximum Gasteiger partial charge on any atom is 0.336 e. The van der Waals surface area contributed by atoms with Gasteiger partial charge in [0.15, 0.2) is 8.32 Å². The molecule has 0 aromatic heterocycles. The van der Waals surface area contributed by atoms with Gasteiger partial charge < -0.3 is 9.16 Å². The Morgan fingerprint density at radius 2 is 1.83 bits per heavy atom. The zero-order chi connectivity index (χ0) is 17.8. The first-order valence-electron chi connectivity index (χ1n) is 8.78. The second-order valence-electron chi connectivity index (χ2n) is 8.21. The Hall–Kier alpha value is -1.39. The molecule has 0 aliphatic heterocycles. The fourth-order valence-corrected chi connectivity index (χ4v) is 3.56. The lowest BCUT2D eigenvalue weighted by molar-refractivity contribution is -0.129. The van der Waals surface area contributed by atoms with Crippen LogP contribution in [0.4, 0.5) is 0 Å². The third-order valence-corrected chi connectivity index (χ3v) is 9.72. The minimum atomic E-state index is -1.64. The quantitative estimate of drug-likeness (QED) is 0.302. The van der Waals surface area contributed by atoms with Crippen LogP contribution >= 0.6 is 0 Å². The average molecular weight is 347 g/mol. The van der Waals surface area contributed by atoms with Crippen molar-refractivity contribution in [3.05, 3.63) is 42.0 Å². The molecule has 1 saturated carbocycles. The second kappa shape index (κ2) is 7.66. The van der Waals surface area contributed by atoms with E-state index in [4.69, 9.17) is 9.16 Å². The SMILES string of the molecule is CC(C)(C)[Si](C)(C)OCCC1CC(=CC(=O)Oc2ccccc2)C1. The minimum absolute atomic E-state index is 0.263. The number of para-hydroxylation sites is 1. The maximum absolute atomic E-state index is 11.9. The predicted molar refractivity (Wildman–Crippen MR) is 101 cm³/mol. The van der Waals surface area contributed by atoms with Gasteiger partial charge >= 0.3 is 5.97 Å². The smallest absolute Gasteiger partial charge is 0.336 e. The summed E-state index contributed by atoms with van der Waals surface area (Å²) in [5.74, 6) is 0.968. The molecule has 0 saturated heterocycles. The maximum atomic E-state index is 11.9. The number of carbonyl (C=O) groups excluding carboxylic acids is 1. The van der Waals surface area contributed by atoms with Crippen LogP contribution in [0.15, 0.2) is 42.0 Å². The van der Waals surface area contributed by atoms with Gasteiger partial charge in [0.05, 0.1) is 0 Å². The monoisotopic (exact) mass is 346 g/mol. The van der Waals surface area contributed by atoms with Crippen LogP contribution in [-0.2, 0) is 9.22 Å². The molecule has 0 heterocycles. The number of esters is 1. The van der Waals surface area contributed by atoms with Gasteiger partial charge in [-0.05, 0) is 55.4 Å². The zero-order valence-corrected chi connectivity index (χ0v) is 16.6. The molecule has 2 rings (SSSR count). The standard InChI is InChI=1S/C20H30O3Si/c1-20(2,3)24(4,5)22-12-11-16-13-17(14-16)15-19(21)23-18-9-7-6-8-10-18/h6-10,15-16H,11-14H2,1-5H3. The summed E-state index contributed by atoms with van der Waals surface area (Å²) in [6.07, 6.45) is 4.71. The first kappa shape index (κ1) is 18.9. The largest absolute Gasteiger partial charge is 0.423 e. The summed E-state index contributed by atoms with van der Waals surface area (Å²) in [5, 5.41) is 0.263. The van der Waals surface area contributed by atoms with Gasteiger partial charge in [-0.15, -0.1) is 0 Å². The molecule has 0 amide bonds. The summed E-state index contributed by atoms with van der Waals surface area (Å²) in [6.45, 7) is 12.2. The van der Waals surface area contributed by atoms with Crippen molar-refractivity contribution in [2.75, 3.05) is 6.61 Å². The van der Waals surface area contributed by atoms with Gasteiger partial charge in [-0.25, -0.2) is 4.79 Å². The molecule has 0 bridgehead atoms. The normalized spacial score (nSPS) is 18.0. The molecule has 1 aromatic rings. The molecule has 1 aliphatic carbocycles. The van der Waals surface area contributed by atoms with Crippen molar-refractivity contribution in [1.29, 1.82) is 0 Å². The highest BCUT2D eigenvalue weighted by molar-refractivity contribution is 6.74. The number of allylic oxidation sites excluding steroid dienone is 1. The van der Waals surface area contributed by atoms with Crippen LogP contribution in [0.5, 0.6) is 5.75 Å². The zero-order valence-electron chi connectivity index (χ0n) is 15.6. The molecule has 0 radical (unpaired) electrons. The Kier molecular flexibility index (Phi) is 6.05. The van der Waals surface area contributed by atoms with Crippen molar-refractivity contribution < 1.29 is 14.0 Å². The van der Waals surface area contributed by atoms with E-state index in [1.165, 1.54) is 5.57 Å². The number of hydrogen-bond acceptors (Lipinski definition) is 3. The van der Waals surface area contributed by atoms with E-state index >= 15 is 0 Å². The van der Waals surface area contributed by atoms with Crippen LogP contribution in [0.2, 0.25) is 18.1 Å². The van der Waals surface area contributed by atoms with Crippen molar-refractivity contribution in [3.8, 4) is 5.75 Å².